The van der Waals surface area contributed by atoms with Crippen LogP contribution in [0.3, 0.4) is 0 Å². The summed E-state index contributed by atoms with van der Waals surface area (Å²) in [5.41, 5.74) is 1.26. The molecule has 1 atom stereocenters. The molecule has 0 aliphatic carbocycles. The molecule has 0 aliphatic heterocycles. The molecular formula is C15H21N3S. The molecule has 2 aromatic rings. The highest BCUT2D eigenvalue weighted by atomic mass is 32.1. The minimum atomic E-state index is 0.171. The fraction of sp³-hybridized carbons (Fsp3) is 0.467. The third kappa shape index (κ3) is 3.85. The molecular weight excluding hydrogens is 254 g/mol. The van der Waals surface area contributed by atoms with Gasteiger partial charge in [-0.1, -0.05) is 55.5 Å². The van der Waals surface area contributed by atoms with E-state index in [1.165, 1.54) is 5.56 Å². The highest BCUT2D eigenvalue weighted by Crippen LogP contribution is 2.25. The zero-order chi connectivity index (χ0) is 13.5. The molecule has 19 heavy (non-hydrogen) atoms. The van der Waals surface area contributed by atoms with Crippen molar-refractivity contribution in [3.8, 4) is 0 Å². The molecule has 0 radical (unpaired) electrons. The summed E-state index contributed by atoms with van der Waals surface area (Å²) in [6.45, 7) is 5.34. The Morgan fingerprint density at radius 3 is 2.58 bits per heavy atom. The van der Waals surface area contributed by atoms with Crippen molar-refractivity contribution < 1.29 is 0 Å². The van der Waals surface area contributed by atoms with Crippen molar-refractivity contribution in [3.05, 3.63) is 45.9 Å². The van der Waals surface area contributed by atoms with Crippen LogP contribution < -0.4 is 5.32 Å². The summed E-state index contributed by atoms with van der Waals surface area (Å²) in [5, 5.41) is 14.4. The molecule has 0 saturated heterocycles. The Bertz CT molecular complexity index is 481. The van der Waals surface area contributed by atoms with Gasteiger partial charge in [-0.25, -0.2) is 0 Å². The van der Waals surface area contributed by atoms with Crippen molar-refractivity contribution in [1.82, 2.24) is 15.5 Å². The minimum Gasteiger partial charge on any atom is -0.304 e. The predicted molar refractivity (Wildman–Crippen MR) is 80.5 cm³/mol. The molecule has 1 heterocycles. The third-order valence-corrected chi connectivity index (χ3v) is 3.97. The molecule has 1 unspecified atom stereocenters. The highest BCUT2D eigenvalue weighted by Gasteiger charge is 2.17. The van der Waals surface area contributed by atoms with E-state index < -0.39 is 0 Å². The number of aromatic nitrogens is 2. The number of rotatable bonds is 7. The average Bonchev–Trinajstić information content (AvgIpc) is 2.89. The molecule has 0 fully saturated rings. The number of hydrogen-bond donors (Lipinski definition) is 1. The van der Waals surface area contributed by atoms with Crippen LogP contribution in [-0.4, -0.2) is 16.7 Å². The van der Waals surface area contributed by atoms with Crippen LogP contribution in [-0.2, 0) is 6.42 Å². The maximum absolute atomic E-state index is 4.37. The fourth-order valence-electron chi connectivity index (χ4n) is 1.98. The summed E-state index contributed by atoms with van der Waals surface area (Å²) in [6, 6.07) is 10.7. The van der Waals surface area contributed by atoms with Crippen LogP contribution in [0.15, 0.2) is 30.3 Å². The Hall–Kier alpha value is -1.26. The number of nitrogens with one attached hydrogen (secondary N) is 1. The monoisotopic (exact) mass is 275 g/mol. The van der Waals surface area contributed by atoms with Gasteiger partial charge in [0, 0.05) is 6.42 Å². The maximum Gasteiger partial charge on any atom is 0.139 e. The van der Waals surface area contributed by atoms with Crippen LogP contribution in [0.2, 0.25) is 0 Å². The second-order valence-corrected chi connectivity index (χ2v) is 5.68. The summed E-state index contributed by atoms with van der Waals surface area (Å²) in [6.07, 6.45) is 3.25. The lowest BCUT2D eigenvalue weighted by atomic mass is 10.1. The summed E-state index contributed by atoms with van der Waals surface area (Å²) < 4.78 is 0. The summed E-state index contributed by atoms with van der Waals surface area (Å²) in [7, 11) is 0. The largest absolute Gasteiger partial charge is 0.304 e. The number of aryl methyl sites for hydroxylation is 1. The molecule has 1 N–H and O–H groups in total. The first-order valence-corrected chi connectivity index (χ1v) is 7.77. The number of nitrogens with zero attached hydrogens (tertiary/aromatic N) is 2. The van der Waals surface area contributed by atoms with Crippen molar-refractivity contribution in [1.29, 1.82) is 0 Å². The molecule has 0 saturated carbocycles. The van der Waals surface area contributed by atoms with Gasteiger partial charge < -0.3 is 5.32 Å². The molecule has 2 rings (SSSR count). The lowest BCUT2D eigenvalue weighted by Crippen LogP contribution is -2.23. The van der Waals surface area contributed by atoms with Crippen molar-refractivity contribution in [3.63, 3.8) is 0 Å². The van der Waals surface area contributed by atoms with E-state index in [9.17, 15) is 0 Å². The van der Waals surface area contributed by atoms with Gasteiger partial charge in [0.1, 0.15) is 10.0 Å². The molecule has 0 spiro atoms. The van der Waals surface area contributed by atoms with Gasteiger partial charge in [0.25, 0.3) is 0 Å². The SMILES string of the molecule is CCCNC(c1ccccc1)c1nnc(CCC)s1. The molecule has 3 nitrogen and oxygen atoms in total. The standard InChI is InChI=1S/C15H21N3S/c1-3-8-13-17-18-15(19-13)14(16-11-4-2)12-9-6-5-7-10-12/h5-7,9-10,14,16H,3-4,8,11H2,1-2H3. The van der Waals surface area contributed by atoms with E-state index in [4.69, 9.17) is 0 Å². The van der Waals surface area contributed by atoms with Crippen LogP contribution in [0.1, 0.15) is 48.3 Å². The van der Waals surface area contributed by atoms with E-state index in [1.54, 1.807) is 11.3 Å². The first kappa shape index (κ1) is 14.2. The van der Waals surface area contributed by atoms with E-state index in [-0.39, 0.29) is 6.04 Å². The van der Waals surface area contributed by atoms with Gasteiger partial charge in [-0.05, 0) is 24.9 Å². The Labute approximate surface area is 119 Å². The molecule has 0 bridgehead atoms. The van der Waals surface area contributed by atoms with Crippen LogP contribution >= 0.6 is 11.3 Å². The van der Waals surface area contributed by atoms with Gasteiger partial charge >= 0.3 is 0 Å². The van der Waals surface area contributed by atoms with Crippen LogP contribution in [0.4, 0.5) is 0 Å². The summed E-state index contributed by atoms with van der Waals surface area (Å²) in [5.74, 6) is 0. The second-order valence-electron chi connectivity index (χ2n) is 4.58. The molecule has 4 heteroatoms. The number of hydrogen-bond acceptors (Lipinski definition) is 4. The van der Waals surface area contributed by atoms with Crippen molar-refractivity contribution in [2.24, 2.45) is 0 Å². The Morgan fingerprint density at radius 2 is 1.89 bits per heavy atom. The fourth-order valence-corrected chi connectivity index (χ4v) is 3.03. The van der Waals surface area contributed by atoms with Gasteiger partial charge in [-0.15, -0.1) is 10.2 Å². The van der Waals surface area contributed by atoms with Crippen LogP contribution in [0.25, 0.3) is 0 Å². The van der Waals surface area contributed by atoms with Crippen LogP contribution in [0, 0.1) is 0 Å². The van der Waals surface area contributed by atoms with Gasteiger partial charge in [-0.2, -0.15) is 0 Å². The lowest BCUT2D eigenvalue weighted by Gasteiger charge is -2.15. The third-order valence-electron chi connectivity index (χ3n) is 2.92. The Kier molecular flexibility index (Phi) is 5.48. The molecule has 1 aromatic heterocycles. The van der Waals surface area contributed by atoms with Gasteiger partial charge in [0.2, 0.25) is 0 Å². The normalized spacial score (nSPS) is 12.5. The molecule has 102 valence electrons. The zero-order valence-electron chi connectivity index (χ0n) is 11.6. The van der Waals surface area contributed by atoms with Gasteiger partial charge in [0.05, 0.1) is 6.04 Å². The van der Waals surface area contributed by atoms with Gasteiger partial charge in [-0.3, -0.25) is 0 Å². The van der Waals surface area contributed by atoms with E-state index in [0.29, 0.717) is 0 Å². The van der Waals surface area contributed by atoms with Crippen molar-refractivity contribution in [2.45, 2.75) is 39.2 Å². The molecule has 0 amide bonds. The topological polar surface area (TPSA) is 37.8 Å². The Balaban J connectivity index is 2.21. The van der Waals surface area contributed by atoms with E-state index in [1.807, 2.05) is 6.07 Å². The molecule has 1 aromatic carbocycles. The van der Waals surface area contributed by atoms with Crippen molar-refractivity contribution in [2.75, 3.05) is 6.54 Å². The second kappa shape index (κ2) is 7.36. The lowest BCUT2D eigenvalue weighted by molar-refractivity contribution is 0.591. The van der Waals surface area contributed by atoms with Gasteiger partial charge in [0.15, 0.2) is 0 Å². The minimum absolute atomic E-state index is 0.171. The number of benzene rings is 1. The first-order chi connectivity index (χ1) is 9.35. The summed E-state index contributed by atoms with van der Waals surface area (Å²) in [4.78, 5) is 0. The van der Waals surface area contributed by atoms with E-state index in [2.05, 4.69) is 53.6 Å². The maximum atomic E-state index is 4.37. The molecule has 0 aliphatic rings. The Morgan fingerprint density at radius 1 is 1.11 bits per heavy atom. The first-order valence-electron chi connectivity index (χ1n) is 6.95. The zero-order valence-corrected chi connectivity index (χ0v) is 12.4. The predicted octanol–water partition coefficient (Wildman–Crippen LogP) is 3.58. The van der Waals surface area contributed by atoms with E-state index >= 15 is 0 Å². The van der Waals surface area contributed by atoms with E-state index in [0.717, 1.165) is 35.8 Å². The quantitative estimate of drug-likeness (QED) is 0.839. The van der Waals surface area contributed by atoms with Crippen molar-refractivity contribution >= 4 is 11.3 Å². The smallest absolute Gasteiger partial charge is 0.139 e. The highest BCUT2D eigenvalue weighted by molar-refractivity contribution is 7.11. The average molecular weight is 275 g/mol. The van der Waals surface area contributed by atoms with Crippen LogP contribution in [0.5, 0.6) is 0 Å². The summed E-state index contributed by atoms with van der Waals surface area (Å²) >= 11 is 1.73.